The fraction of sp³-hybridized carbons (Fsp3) is 0.125. The van der Waals surface area contributed by atoms with Gasteiger partial charge in [0.1, 0.15) is 0 Å². The number of halogens is 1. The van der Waals surface area contributed by atoms with Crippen LogP contribution in [0.1, 0.15) is 12.5 Å². The number of fused-ring (bicyclic) bond motifs is 1. The molecule has 1 amide bonds. The zero-order valence-electron chi connectivity index (χ0n) is 16.8. The van der Waals surface area contributed by atoms with Gasteiger partial charge in [-0.15, -0.1) is 0 Å². The van der Waals surface area contributed by atoms with Gasteiger partial charge in [-0.2, -0.15) is 0 Å². The third kappa shape index (κ3) is 4.89. The van der Waals surface area contributed by atoms with Crippen molar-refractivity contribution in [3.8, 4) is 5.69 Å². The molecule has 0 aliphatic carbocycles. The predicted molar refractivity (Wildman–Crippen MR) is 130 cm³/mol. The SMILES string of the molecule is CCc1ccc(NC(=O)CSc2nc3ccccc3c(=O)n2-c2ccc(Br)cc2)cc1. The maximum Gasteiger partial charge on any atom is 0.266 e. The molecule has 0 fully saturated rings. The molecular weight excluding hydrogens is 474 g/mol. The zero-order chi connectivity index (χ0) is 21.8. The van der Waals surface area contributed by atoms with E-state index >= 15 is 0 Å². The molecule has 156 valence electrons. The summed E-state index contributed by atoms with van der Waals surface area (Å²) in [5.74, 6) is -0.0179. The third-order valence-electron chi connectivity index (χ3n) is 4.81. The van der Waals surface area contributed by atoms with Gasteiger partial charge in [-0.25, -0.2) is 4.98 Å². The second kappa shape index (κ2) is 9.49. The number of nitrogens with zero attached hydrogens (tertiary/aromatic N) is 2. The molecule has 0 aliphatic heterocycles. The van der Waals surface area contributed by atoms with Gasteiger partial charge in [0.15, 0.2) is 5.16 Å². The van der Waals surface area contributed by atoms with Crippen LogP contribution in [0.4, 0.5) is 5.69 Å². The Balaban J connectivity index is 1.62. The minimum atomic E-state index is -0.161. The Morgan fingerprint density at radius 2 is 1.74 bits per heavy atom. The summed E-state index contributed by atoms with van der Waals surface area (Å²) in [5, 5.41) is 3.91. The molecule has 0 radical (unpaired) electrons. The minimum absolute atomic E-state index is 0.136. The van der Waals surface area contributed by atoms with E-state index in [2.05, 4.69) is 33.2 Å². The van der Waals surface area contributed by atoms with Crippen LogP contribution in [0.3, 0.4) is 0 Å². The second-order valence-corrected chi connectivity index (χ2v) is 8.77. The Hall–Kier alpha value is -2.90. The molecule has 5 nitrogen and oxygen atoms in total. The topological polar surface area (TPSA) is 64.0 Å². The van der Waals surface area contributed by atoms with Crippen LogP contribution in [0.25, 0.3) is 16.6 Å². The van der Waals surface area contributed by atoms with Crippen LogP contribution in [0.5, 0.6) is 0 Å². The monoisotopic (exact) mass is 493 g/mol. The number of hydrogen-bond acceptors (Lipinski definition) is 4. The molecule has 1 aromatic heterocycles. The van der Waals surface area contributed by atoms with Gasteiger partial charge >= 0.3 is 0 Å². The number of carbonyl (C=O) groups is 1. The van der Waals surface area contributed by atoms with Gasteiger partial charge in [0.2, 0.25) is 5.91 Å². The molecule has 0 unspecified atom stereocenters. The summed E-state index contributed by atoms with van der Waals surface area (Å²) in [5.41, 5.74) is 3.11. The summed E-state index contributed by atoms with van der Waals surface area (Å²) >= 11 is 4.66. The van der Waals surface area contributed by atoms with Gasteiger partial charge in [0.05, 0.1) is 22.3 Å². The number of hydrogen-bond donors (Lipinski definition) is 1. The maximum atomic E-state index is 13.2. The van der Waals surface area contributed by atoms with Crippen LogP contribution in [0.2, 0.25) is 0 Å². The molecule has 1 N–H and O–H groups in total. The van der Waals surface area contributed by atoms with E-state index in [1.165, 1.54) is 17.3 Å². The Bertz CT molecular complexity index is 1290. The molecule has 0 atom stereocenters. The summed E-state index contributed by atoms with van der Waals surface area (Å²) in [6, 6.07) is 22.5. The number of thioether (sulfide) groups is 1. The highest BCUT2D eigenvalue weighted by Gasteiger charge is 2.15. The first kappa shape index (κ1) is 21.3. The molecule has 4 rings (SSSR count). The van der Waals surface area contributed by atoms with Crippen molar-refractivity contribution in [3.63, 3.8) is 0 Å². The molecule has 3 aromatic carbocycles. The maximum absolute atomic E-state index is 13.2. The lowest BCUT2D eigenvalue weighted by Gasteiger charge is -2.13. The van der Waals surface area contributed by atoms with Gasteiger partial charge in [-0.3, -0.25) is 14.2 Å². The summed E-state index contributed by atoms with van der Waals surface area (Å²) in [6.45, 7) is 2.09. The lowest BCUT2D eigenvalue weighted by Crippen LogP contribution is -2.23. The smallest absolute Gasteiger partial charge is 0.266 e. The highest BCUT2D eigenvalue weighted by Crippen LogP contribution is 2.23. The predicted octanol–water partition coefficient (Wildman–Crippen LogP) is 5.44. The number of aryl methyl sites for hydroxylation is 1. The zero-order valence-corrected chi connectivity index (χ0v) is 19.2. The number of aromatic nitrogens is 2. The molecule has 0 saturated carbocycles. The highest BCUT2D eigenvalue weighted by molar-refractivity contribution is 9.10. The molecule has 4 aromatic rings. The largest absolute Gasteiger partial charge is 0.325 e. The average Bonchev–Trinajstić information content (AvgIpc) is 2.79. The second-order valence-electron chi connectivity index (χ2n) is 6.92. The minimum Gasteiger partial charge on any atom is -0.325 e. The Morgan fingerprint density at radius 1 is 1.03 bits per heavy atom. The van der Waals surface area contributed by atoms with Crippen LogP contribution in [0.15, 0.2) is 87.2 Å². The van der Waals surface area contributed by atoms with Gasteiger partial charge in [0, 0.05) is 10.2 Å². The fourth-order valence-corrected chi connectivity index (χ4v) is 4.25. The first-order valence-electron chi connectivity index (χ1n) is 9.84. The molecule has 31 heavy (non-hydrogen) atoms. The van der Waals surface area contributed by atoms with E-state index < -0.39 is 0 Å². The quantitative estimate of drug-likeness (QED) is 0.286. The molecule has 0 aliphatic rings. The van der Waals surface area contributed by atoms with Crippen LogP contribution >= 0.6 is 27.7 Å². The van der Waals surface area contributed by atoms with Gasteiger partial charge in [0.25, 0.3) is 5.56 Å². The lowest BCUT2D eigenvalue weighted by molar-refractivity contribution is -0.113. The van der Waals surface area contributed by atoms with E-state index in [0.717, 1.165) is 16.6 Å². The van der Waals surface area contributed by atoms with Gasteiger partial charge in [-0.1, -0.05) is 58.9 Å². The summed E-state index contributed by atoms with van der Waals surface area (Å²) in [4.78, 5) is 30.4. The first-order chi connectivity index (χ1) is 15.0. The normalized spacial score (nSPS) is 10.9. The summed E-state index contributed by atoms with van der Waals surface area (Å²) < 4.78 is 2.48. The number of benzene rings is 3. The van der Waals surface area contributed by atoms with Crippen molar-refractivity contribution in [2.45, 2.75) is 18.5 Å². The van der Waals surface area contributed by atoms with E-state index in [-0.39, 0.29) is 17.2 Å². The summed E-state index contributed by atoms with van der Waals surface area (Å²) in [7, 11) is 0. The number of anilines is 1. The Morgan fingerprint density at radius 3 is 2.45 bits per heavy atom. The van der Waals surface area contributed by atoms with Crippen molar-refractivity contribution in [1.82, 2.24) is 9.55 Å². The van der Waals surface area contributed by atoms with E-state index in [0.29, 0.717) is 21.7 Å². The van der Waals surface area contributed by atoms with E-state index in [9.17, 15) is 9.59 Å². The molecule has 0 saturated heterocycles. The highest BCUT2D eigenvalue weighted by atomic mass is 79.9. The Labute approximate surface area is 192 Å². The fourth-order valence-electron chi connectivity index (χ4n) is 3.18. The van der Waals surface area contributed by atoms with Crippen LogP contribution < -0.4 is 10.9 Å². The number of nitrogens with one attached hydrogen (secondary N) is 1. The average molecular weight is 494 g/mol. The number of carbonyl (C=O) groups excluding carboxylic acids is 1. The van der Waals surface area contributed by atoms with Crippen molar-refractivity contribution < 1.29 is 4.79 Å². The van der Waals surface area contributed by atoms with Crippen LogP contribution in [0, 0.1) is 0 Å². The number of para-hydroxylation sites is 1. The van der Waals surface area contributed by atoms with Gasteiger partial charge in [-0.05, 0) is 60.5 Å². The Kier molecular flexibility index (Phi) is 6.53. The number of amides is 1. The summed E-state index contributed by atoms with van der Waals surface area (Å²) in [6.07, 6.45) is 0.950. The van der Waals surface area contributed by atoms with Crippen LogP contribution in [-0.2, 0) is 11.2 Å². The first-order valence-corrected chi connectivity index (χ1v) is 11.6. The third-order valence-corrected chi connectivity index (χ3v) is 6.28. The van der Waals surface area contributed by atoms with Crippen molar-refractivity contribution in [2.24, 2.45) is 0 Å². The number of rotatable bonds is 6. The van der Waals surface area contributed by atoms with E-state index in [4.69, 9.17) is 0 Å². The lowest BCUT2D eigenvalue weighted by atomic mass is 10.1. The standard InChI is InChI=1S/C24H20BrN3O2S/c1-2-16-7-11-18(12-8-16)26-22(29)15-31-24-27-21-6-4-3-5-20(21)23(30)28(24)19-13-9-17(25)10-14-19/h3-14H,2,15H2,1H3,(H,26,29). The van der Waals surface area contributed by atoms with Crippen molar-refractivity contribution >= 4 is 50.2 Å². The van der Waals surface area contributed by atoms with Crippen molar-refractivity contribution in [2.75, 3.05) is 11.1 Å². The van der Waals surface area contributed by atoms with Gasteiger partial charge < -0.3 is 5.32 Å². The molecule has 0 spiro atoms. The molecule has 0 bridgehead atoms. The molecular formula is C24H20BrN3O2S. The van der Waals surface area contributed by atoms with E-state index in [1.54, 1.807) is 10.6 Å². The van der Waals surface area contributed by atoms with Crippen molar-refractivity contribution in [3.05, 3.63) is 93.2 Å². The molecule has 1 heterocycles. The van der Waals surface area contributed by atoms with E-state index in [1.807, 2.05) is 66.7 Å². The molecule has 7 heteroatoms. The van der Waals surface area contributed by atoms with Crippen LogP contribution in [-0.4, -0.2) is 21.2 Å². The van der Waals surface area contributed by atoms with Crippen molar-refractivity contribution in [1.29, 1.82) is 0 Å².